The number of hydrogen-bond acceptors (Lipinski definition) is 2. The second-order valence-electron chi connectivity index (χ2n) is 2.73. The summed E-state index contributed by atoms with van der Waals surface area (Å²) >= 11 is 0. The van der Waals surface area contributed by atoms with E-state index in [4.69, 9.17) is 0 Å². The maximum atomic E-state index is 11.2. The lowest BCUT2D eigenvalue weighted by atomic mass is 10.3. The van der Waals surface area contributed by atoms with Crippen LogP contribution in [0.2, 0.25) is 0 Å². The molecule has 1 aliphatic rings. The number of carbonyl (C=O) groups is 1. The molecule has 1 rings (SSSR count). The SMILES string of the molecule is CC(C)N1CC=NC=CC1=O. The van der Waals surface area contributed by atoms with E-state index in [1.54, 1.807) is 11.1 Å². The Hall–Kier alpha value is -1.12. The molecule has 0 aliphatic carbocycles. The Kier molecular flexibility index (Phi) is 2.41. The minimum atomic E-state index is 0.0394. The molecule has 0 saturated carbocycles. The van der Waals surface area contributed by atoms with E-state index < -0.39 is 0 Å². The van der Waals surface area contributed by atoms with Crippen LogP contribution >= 0.6 is 0 Å². The van der Waals surface area contributed by atoms with Gasteiger partial charge in [-0.3, -0.25) is 9.79 Å². The Bertz CT molecular complexity index is 206. The van der Waals surface area contributed by atoms with Crippen LogP contribution < -0.4 is 0 Å². The third-order valence-electron chi connectivity index (χ3n) is 1.59. The largest absolute Gasteiger partial charge is 0.331 e. The van der Waals surface area contributed by atoms with E-state index in [2.05, 4.69) is 4.99 Å². The smallest absolute Gasteiger partial charge is 0.248 e. The van der Waals surface area contributed by atoms with Crippen molar-refractivity contribution in [3.8, 4) is 0 Å². The van der Waals surface area contributed by atoms with Crippen molar-refractivity contribution >= 4 is 12.1 Å². The van der Waals surface area contributed by atoms with Crippen LogP contribution in [0.25, 0.3) is 0 Å². The van der Waals surface area contributed by atoms with Gasteiger partial charge >= 0.3 is 0 Å². The Balaban J connectivity index is 2.71. The molecule has 0 aromatic carbocycles. The van der Waals surface area contributed by atoms with Crippen LogP contribution in [0.15, 0.2) is 17.3 Å². The molecule has 3 nitrogen and oxygen atoms in total. The minimum Gasteiger partial charge on any atom is -0.331 e. The number of carbonyl (C=O) groups excluding carboxylic acids is 1. The highest BCUT2D eigenvalue weighted by Gasteiger charge is 2.13. The zero-order valence-corrected chi connectivity index (χ0v) is 6.82. The fourth-order valence-corrected chi connectivity index (χ4v) is 0.954. The third kappa shape index (κ3) is 1.90. The third-order valence-corrected chi connectivity index (χ3v) is 1.59. The average Bonchev–Trinajstić information content (AvgIpc) is 2.13. The molecule has 60 valence electrons. The lowest BCUT2D eigenvalue weighted by Crippen LogP contribution is -2.36. The van der Waals surface area contributed by atoms with Gasteiger partial charge in [-0.2, -0.15) is 0 Å². The molecule has 0 unspecified atom stereocenters. The first kappa shape index (κ1) is 7.98. The summed E-state index contributed by atoms with van der Waals surface area (Å²) in [7, 11) is 0. The van der Waals surface area contributed by atoms with Gasteiger partial charge in [0.15, 0.2) is 0 Å². The highest BCUT2D eigenvalue weighted by Crippen LogP contribution is 2.00. The summed E-state index contributed by atoms with van der Waals surface area (Å²) in [6, 6.07) is 0.247. The van der Waals surface area contributed by atoms with E-state index in [9.17, 15) is 4.79 Å². The quantitative estimate of drug-likeness (QED) is 0.547. The zero-order chi connectivity index (χ0) is 8.27. The molecule has 0 saturated heterocycles. The zero-order valence-electron chi connectivity index (χ0n) is 6.82. The van der Waals surface area contributed by atoms with Crippen molar-refractivity contribution in [1.29, 1.82) is 0 Å². The van der Waals surface area contributed by atoms with Crippen LogP contribution in [0.3, 0.4) is 0 Å². The molecule has 0 bridgehead atoms. The Morgan fingerprint density at radius 3 is 3.00 bits per heavy atom. The van der Waals surface area contributed by atoms with Gasteiger partial charge in [0.05, 0.1) is 6.54 Å². The molecular weight excluding hydrogens is 140 g/mol. The first-order valence-corrected chi connectivity index (χ1v) is 3.70. The predicted octanol–water partition coefficient (Wildman–Crippen LogP) is 0.822. The van der Waals surface area contributed by atoms with Crippen LogP contribution in [0.5, 0.6) is 0 Å². The molecule has 0 spiro atoms. The standard InChI is InChI=1S/C8H12N2O/c1-7(2)10-6-5-9-4-3-8(10)11/h3-5,7H,6H2,1-2H3. The lowest BCUT2D eigenvalue weighted by molar-refractivity contribution is -0.126. The van der Waals surface area contributed by atoms with Crippen molar-refractivity contribution in [2.24, 2.45) is 4.99 Å². The Morgan fingerprint density at radius 2 is 2.36 bits per heavy atom. The molecular formula is C8H12N2O. The van der Waals surface area contributed by atoms with Crippen LogP contribution in [0, 0.1) is 0 Å². The van der Waals surface area contributed by atoms with Gasteiger partial charge in [0.2, 0.25) is 5.91 Å². The summed E-state index contributed by atoms with van der Waals surface area (Å²) in [4.78, 5) is 16.9. The molecule has 3 heteroatoms. The number of aliphatic imine (C=N–C) groups is 1. The highest BCUT2D eigenvalue weighted by molar-refractivity contribution is 5.90. The number of nitrogens with zero attached hydrogens (tertiary/aromatic N) is 2. The van der Waals surface area contributed by atoms with Gasteiger partial charge in [0.1, 0.15) is 0 Å². The van der Waals surface area contributed by atoms with E-state index >= 15 is 0 Å². The van der Waals surface area contributed by atoms with Crippen LogP contribution in [-0.4, -0.2) is 29.6 Å². The van der Waals surface area contributed by atoms with E-state index in [-0.39, 0.29) is 11.9 Å². The molecule has 0 atom stereocenters. The van der Waals surface area contributed by atoms with Crippen molar-refractivity contribution in [3.63, 3.8) is 0 Å². The lowest BCUT2D eigenvalue weighted by Gasteiger charge is -2.22. The van der Waals surface area contributed by atoms with Gasteiger partial charge in [-0.25, -0.2) is 0 Å². The van der Waals surface area contributed by atoms with Crippen LogP contribution in [0.4, 0.5) is 0 Å². The number of amides is 1. The van der Waals surface area contributed by atoms with Crippen LogP contribution in [-0.2, 0) is 4.79 Å². The Labute approximate surface area is 66.4 Å². The first-order valence-electron chi connectivity index (χ1n) is 3.70. The maximum Gasteiger partial charge on any atom is 0.248 e. The summed E-state index contributed by atoms with van der Waals surface area (Å²) in [5.74, 6) is 0.0394. The van der Waals surface area contributed by atoms with Gasteiger partial charge in [0, 0.05) is 24.5 Å². The summed E-state index contributed by atoms with van der Waals surface area (Å²) < 4.78 is 0. The van der Waals surface area contributed by atoms with Gasteiger partial charge in [-0.15, -0.1) is 0 Å². The Morgan fingerprint density at radius 1 is 1.64 bits per heavy atom. The molecule has 1 heterocycles. The predicted molar refractivity (Wildman–Crippen MR) is 44.5 cm³/mol. The molecule has 1 aliphatic heterocycles. The van der Waals surface area contributed by atoms with E-state index in [1.165, 1.54) is 12.3 Å². The number of rotatable bonds is 1. The van der Waals surface area contributed by atoms with E-state index in [0.29, 0.717) is 6.54 Å². The molecule has 1 amide bonds. The van der Waals surface area contributed by atoms with Crippen molar-refractivity contribution < 1.29 is 4.79 Å². The van der Waals surface area contributed by atoms with Crippen molar-refractivity contribution in [2.45, 2.75) is 19.9 Å². The van der Waals surface area contributed by atoms with Gasteiger partial charge < -0.3 is 4.90 Å². The van der Waals surface area contributed by atoms with Crippen LogP contribution in [0.1, 0.15) is 13.8 Å². The molecule has 0 radical (unpaired) electrons. The minimum absolute atomic E-state index is 0.0394. The fraction of sp³-hybridized carbons (Fsp3) is 0.500. The van der Waals surface area contributed by atoms with Gasteiger partial charge in [0.25, 0.3) is 0 Å². The summed E-state index contributed by atoms with van der Waals surface area (Å²) in [5.41, 5.74) is 0. The number of hydrogen-bond donors (Lipinski definition) is 0. The van der Waals surface area contributed by atoms with Crippen molar-refractivity contribution in [1.82, 2.24) is 4.90 Å². The molecule has 0 N–H and O–H groups in total. The molecule has 0 aromatic rings. The highest BCUT2D eigenvalue weighted by atomic mass is 16.2. The summed E-state index contributed by atoms with van der Waals surface area (Å²) in [6.45, 7) is 4.60. The van der Waals surface area contributed by atoms with Crippen molar-refractivity contribution in [2.75, 3.05) is 6.54 Å². The monoisotopic (exact) mass is 152 g/mol. The molecule has 0 fully saturated rings. The van der Waals surface area contributed by atoms with Gasteiger partial charge in [-0.05, 0) is 13.8 Å². The second-order valence-corrected chi connectivity index (χ2v) is 2.73. The second kappa shape index (κ2) is 3.32. The average molecular weight is 152 g/mol. The summed E-state index contributed by atoms with van der Waals surface area (Å²) in [5, 5.41) is 0. The van der Waals surface area contributed by atoms with E-state index in [0.717, 1.165) is 0 Å². The molecule has 0 aromatic heterocycles. The topological polar surface area (TPSA) is 32.7 Å². The van der Waals surface area contributed by atoms with E-state index in [1.807, 2.05) is 13.8 Å². The normalized spacial score (nSPS) is 17.7. The van der Waals surface area contributed by atoms with Gasteiger partial charge in [-0.1, -0.05) is 0 Å². The molecule has 11 heavy (non-hydrogen) atoms. The first-order chi connectivity index (χ1) is 5.22. The maximum absolute atomic E-state index is 11.2. The summed E-state index contributed by atoms with van der Waals surface area (Å²) in [6.07, 6.45) is 4.76. The van der Waals surface area contributed by atoms with Crippen molar-refractivity contribution in [3.05, 3.63) is 12.3 Å². The fourth-order valence-electron chi connectivity index (χ4n) is 0.954.